The van der Waals surface area contributed by atoms with Crippen LogP contribution in [0, 0.1) is 67.0 Å². The van der Waals surface area contributed by atoms with Crippen molar-refractivity contribution in [3.05, 3.63) is 160 Å². The van der Waals surface area contributed by atoms with E-state index in [1.807, 2.05) is 106 Å². The van der Waals surface area contributed by atoms with Gasteiger partial charge in [-0.1, -0.05) is 15.5 Å². The van der Waals surface area contributed by atoms with Gasteiger partial charge >= 0.3 is 12.2 Å². The molecule has 5 atom stereocenters. The lowest BCUT2D eigenvalue weighted by molar-refractivity contribution is -0.0632. The minimum Gasteiger partial charge on any atom is -0.443 e. The molecule has 11 aromatic rings. The Balaban J connectivity index is 0.000000132. The number of nitrogens with one attached hydrogen (secondary N) is 1. The number of aliphatic hydroxyl groups is 2. The molecule has 0 amide bonds. The third-order valence-corrected chi connectivity index (χ3v) is 22.1. The van der Waals surface area contributed by atoms with Gasteiger partial charge in [-0.2, -0.15) is 0 Å². The first kappa shape index (κ1) is 76.6. The van der Waals surface area contributed by atoms with Gasteiger partial charge in [-0.15, -0.1) is 0 Å². The number of imidazole rings is 3. The highest BCUT2D eigenvalue weighted by Gasteiger charge is 2.50. The number of aryl methyl sites for hydroxylation is 8. The minimum atomic E-state index is -1.97. The predicted octanol–water partition coefficient (Wildman–Crippen LogP) is 18.1. The minimum absolute atomic E-state index is 0.0192. The van der Waals surface area contributed by atoms with Gasteiger partial charge < -0.3 is 52.5 Å². The second-order valence-electron chi connectivity index (χ2n) is 32.0. The fraction of sp³-hybridized carbons (Fsp3) is 0.476. The third kappa shape index (κ3) is 14.4. The molecular formula is C82H89Br2F2N11O13. The monoisotopic (exact) mass is 1630 g/mol. The van der Waals surface area contributed by atoms with Crippen LogP contribution in [0.15, 0.2) is 71.3 Å². The summed E-state index contributed by atoms with van der Waals surface area (Å²) in [5, 5.41) is 37.8. The smallest absolute Gasteiger partial charge is 0.420 e. The van der Waals surface area contributed by atoms with Crippen molar-refractivity contribution >= 4 is 82.9 Å². The molecular weight excluding hydrogens is 1540 g/mol. The summed E-state index contributed by atoms with van der Waals surface area (Å²) >= 11 is 6.79. The number of fused-ring (bicyclic) bond motifs is 3. The summed E-state index contributed by atoms with van der Waals surface area (Å²) in [5.41, 5.74) is 6.53. The number of nitrogens with zero attached hydrogens (tertiary/aromatic N) is 10. The van der Waals surface area contributed by atoms with E-state index in [2.05, 4.69) is 62.3 Å². The SMILES string of the molecule is Cc1nc(Br)cc(C(O)(c2cc(-c3c(C)noc3C)cc3[nH]c(C4CC4)nc23)C2CCCO2)c1F.Cc1nc(Br)cc(C(O)(c2cc(-c3c(C)noc3C)cc3c2nc(C2CC2)n3C(=O)OC(C)(C)C)C2CCCO2)c1F.Cc1noc(C)c1-c1cc(C(=O)C2CCCO2)c2nc(C3CC3)n(C(=O)OC(C)(C)C)c2c1. The summed E-state index contributed by atoms with van der Waals surface area (Å²) in [6.07, 6.45) is 6.93. The van der Waals surface area contributed by atoms with Crippen molar-refractivity contribution in [1.82, 2.24) is 54.5 Å². The van der Waals surface area contributed by atoms with Crippen molar-refractivity contribution in [1.29, 1.82) is 0 Å². The summed E-state index contributed by atoms with van der Waals surface area (Å²) in [5.74, 6) is 3.29. The summed E-state index contributed by atoms with van der Waals surface area (Å²) in [6, 6.07) is 14.3. The van der Waals surface area contributed by atoms with E-state index in [-0.39, 0.29) is 40.1 Å². The van der Waals surface area contributed by atoms with Crippen molar-refractivity contribution in [2.24, 2.45) is 0 Å². The largest absolute Gasteiger partial charge is 0.443 e. The maximum atomic E-state index is 16.0. The van der Waals surface area contributed by atoms with Gasteiger partial charge in [0, 0.05) is 82.1 Å². The van der Waals surface area contributed by atoms with Gasteiger partial charge in [0.25, 0.3) is 0 Å². The first-order valence-corrected chi connectivity index (χ1v) is 39.2. The quantitative estimate of drug-likeness (QED) is 0.0673. The van der Waals surface area contributed by atoms with E-state index in [1.165, 1.54) is 10.6 Å². The van der Waals surface area contributed by atoms with Crippen molar-refractivity contribution in [3.8, 4) is 33.4 Å². The average molecular weight is 1630 g/mol. The Morgan fingerprint density at radius 2 is 0.891 bits per heavy atom. The summed E-state index contributed by atoms with van der Waals surface area (Å²) in [6.45, 7) is 26.6. The molecule has 0 spiro atoms. The van der Waals surface area contributed by atoms with E-state index < -0.39 is 64.5 Å². The molecule has 8 aromatic heterocycles. The number of Topliss-reactive ketones (excluding diaryl/α,β-unsaturated/α-hetero) is 1. The van der Waals surface area contributed by atoms with Gasteiger partial charge in [0.15, 0.2) is 17.4 Å². The van der Waals surface area contributed by atoms with Crippen molar-refractivity contribution in [3.63, 3.8) is 0 Å². The molecule has 17 rings (SSSR count). The lowest BCUT2D eigenvalue weighted by atomic mass is 9.78. The van der Waals surface area contributed by atoms with Crippen molar-refractivity contribution < 1.29 is 70.6 Å². The molecule has 3 aliphatic carbocycles. The second kappa shape index (κ2) is 29.1. The van der Waals surface area contributed by atoms with Gasteiger partial charge in [0.05, 0.1) is 68.3 Å². The molecule has 110 heavy (non-hydrogen) atoms. The Morgan fingerprint density at radius 3 is 1.29 bits per heavy atom. The Bertz CT molecular complexity index is 5420. The van der Waals surface area contributed by atoms with Crippen LogP contribution < -0.4 is 0 Å². The van der Waals surface area contributed by atoms with Gasteiger partial charge in [0.2, 0.25) is 0 Å². The Hall–Kier alpha value is -8.77. The van der Waals surface area contributed by atoms with E-state index >= 15 is 8.78 Å². The van der Waals surface area contributed by atoms with Crippen LogP contribution in [0.3, 0.4) is 0 Å². The number of carbonyl (C=O) groups is 3. The fourth-order valence-corrected chi connectivity index (χ4v) is 16.7. The number of H-pyrrole nitrogens is 1. The van der Waals surface area contributed by atoms with Gasteiger partial charge in [0.1, 0.15) is 78.0 Å². The molecule has 3 saturated carbocycles. The molecule has 6 aliphatic rings. The molecule has 3 aliphatic heterocycles. The molecule has 0 bridgehead atoms. The van der Waals surface area contributed by atoms with Crippen LogP contribution in [0.2, 0.25) is 0 Å². The summed E-state index contributed by atoms with van der Waals surface area (Å²) < 4.78 is 81.3. The molecule has 3 N–H and O–H groups in total. The topological polar surface area (TPSA) is 306 Å². The second-order valence-corrected chi connectivity index (χ2v) is 33.6. The maximum absolute atomic E-state index is 16.0. The number of ketones is 1. The van der Waals surface area contributed by atoms with Gasteiger partial charge in [-0.05, 0) is 271 Å². The van der Waals surface area contributed by atoms with Crippen LogP contribution >= 0.6 is 31.9 Å². The van der Waals surface area contributed by atoms with Crippen LogP contribution in [-0.4, -0.2) is 132 Å². The number of rotatable bonds is 14. The molecule has 3 aromatic carbocycles. The molecule has 3 saturated heterocycles. The highest BCUT2D eigenvalue weighted by molar-refractivity contribution is 9.10. The van der Waals surface area contributed by atoms with Crippen LogP contribution in [0.1, 0.15) is 232 Å². The first-order valence-electron chi connectivity index (χ1n) is 37.6. The van der Waals surface area contributed by atoms with E-state index in [9.17, 15) is 24.6 Å². The van der Waals surface area contributed by atoms with Crippen LogP contribution in [-0.2, 0) is 34.9 Å². The predicted molar refractivity (Wildman–Crippen MR) is 410 cm³/mol. The molecule has 11 heterocycles. The lowest BCUT2D eigenvalue weighted by Crippen LogP contribution is -2.41. The summed E-state index contributed by atoms with van der Waals surface area (Å²) in [4.78, 5) is 67.2. The Labute approximate surface area is 650 Å². The average Bonchev–Trinajstić information content (AvgIpc) is 1.43. The number of hydrogen-bond acceptors (Lipinski definition) is 21. The van der Waals surface area contributed by atoms with Crippen LogP contribution in [0.4, 0.5) is 18.4 Å². The molecule has 0 radical (unpaired) electrons. The Kier molecular flexibility index (Phi) is 20.2. The lowest BCUT2D eigenvalue weighted by Gasteiger charge is -2.35. The third-order valence-electron chi connectivity index (χ3n) is 21.3. The zero-order chi connectivity index (χ0) is 78.1. The zero-order valence-electron chi connectivity index (χ0n) is 64.1. The molecule has 28 heteroatoms. The Morgan fingerprint density at radius 1 is 0.482 bits per heavy atom. The normalized spacial score (nSPS) is 19.2. The van der Waals surface area contributed by atoms with Crippen LogP contribution in [0.5, 0.6) is 0 Å². The summed E-state index contributed by atoms with van der Waals surface area (Å²) in [7, 11) is 0. The number of carbonyl (C=O) groups excluding carboxylic acids is 3. The van der Waals surface area contributed by atoms with Gasteiger partial charge in [-0.25, -0.2) is 52.4 Å². The molecule has 6 fully saturated rings. The maximum Gasteiger partial charge on any atom is 0.420 e. The molecule has 5 unspecified atom stereocenters. The number of halogens is 4. The van der Waals surface area contributed by atoms with E-state index in [0.717, 1.165) is 90.7 Å². The van der Waals surface area contributed by atoms with Crippen LogP contribution in [0.25, 0.3) is 66.5 Å². The van der Waals surface area contributed by atoms with Crippen molar-refractivity contribution in [2.75, 3.05) is 19.8 Å². The standard InChI is InChI=1S/C31H34BrFN4O5.C26H26BrFN4O3.C25H29N3O5/c1-15-25(17(3)42-36-15)19-12-21(31(39,23-8-7-11-40-23)20-14-24(32)34-16(2)26(20)33)27-22(13-19)37(28(35-27)18-9-10-18)29(38)41-30(4,5)6;1-12-22(14(3)35-32-12)16-9-18(24-19(10-16)30-25(31-24)15-6-7-15)26(33,20-5-4-8-34-20)17-11-21(27)29-13(2)23(17)28;1-13-20(14(2)33-27-13)16-11-17(22(29)19-7-6-10-31-19)21-18(12-16)28(23(26-21)15-8-9-15)24(30)32-25(3,4)5/h12-14,18,23,39H,7-11H2,1-6H3;9-11,15,20,33H,4-8H2,1-3H3,(H,30,31);11-12,15,19H,6-10H2,1-5H3. The number of benzene rings is 3. The molecule has 578 valence electrons. The van der Waals surface area contributed by atoms with E-state index in [0.29, 0.717) is 156 Å². The van der Waals surface area contributed by atoms with Gasteiger partial charge in [-0.3, -0.25) is 4.79 Å². The number of aromatic nitrogens is 11. The first-order chi connectivity index (χ1) is 52.2. The van der Waals surface area contributed by atoms with E-state index in [1.54, 1.807) is 37.5 Å². The number of hydrogen-bond donors (Lipinski definition) is 3. The fourth-order valence-electron chi connectivity index (χ4n) is 15.7. The number of ether oxygens (including phenoxy) is 5. The molecule has 24 nitrogen and oxygen atoms in total. The van der Waals surface area contributed by atoms with E-state index in [4.69, 9.17) is 52.2 Å². The highest BCUT2D eigenvalue weighted by Crippen LogP contribution is 2.51. The number of pyridine rings is 2. The van der Waals surface area contributed by atoms with Crippen molar-refractivity contribution in [2.45, 2.75) is 232 Å². The number of aromatic amines is 1. The zero-order valence-corrected chi connectivity index (χ0v) is 67.2. The highest BCUT2D eigenvalue weighted by atomic mass is 79.9.